The van der Waals surface area contributed by atoms with Crippen molar-refractivity contribution >= 4 is 37.8 Å². The van der Waals surface area contributed by atoms with Gasteiger partial charge in [0.25, 0.3) is 5.91 Å². The van der Waals surface area contributed by atoms with Crippen LogP contribution in [0.2, 0.25) is 0 Å². The van der Waals surface area contributed by atoms with Crippen molar-refractivity contribution in [3.8, 4) is 0 Å². The molecule has 0 bridgehead atoms. The second-order valence-electron chi connectivity index (χ2n) is 6.43. The summed E-state index contributed by atoms with van der Waals surface area (Å²) in [4.78, 5) is 16.8. The molecule has 1 aromatic heterocycles. The van der Waals surface area contributed by atoms with Crippen molar-refractivity contribution in [2.45, 2.75) is 30.1 Å². The number of hydrogen-bond donors (Lipinski definition) is 1. The van der Waals surface area contributed by atoms with Crippen LogP contribution in [0.25, 0.3) is 5.57 Å². The summed E-state index contributed by atoms with van der Waals surface area (Å²) < 4.78 is 50.3. The Balaban J connectivity index is 1.93. The Hall–Kier alpha value is -2.13. The largest absolute Gasteiger partial charge is 0.298 e. The number of halogens is 2. The van der Waals surface area contributed by atoms with Crippen LogP contribution in [0.3, 0.4) is 0 Å². The molecular formula is C18H18F2N2O3S2. The quantitative estimate of drug-likeness (QED) is 0.761. The number of nitrogens with zero attached hydrogens (tertiary/aromatic N) is 1. The number of benzene rings is 1. The molecule has 1 amide bonds. The number of anilines is 1. The number of carbonyl (C=O) groups is 1. The minimum Gasteiger partial charge on any atom is -0.298 e. The maximum Gasteiger partial charge on any atom is 0.257 e. The van der Waals surface area contributed by atoms with Crippen molar-refractivity contribution in [1.29, 1.82) is 0 Å². The van der Waals surface area contributed by atoms with Crippen LogP contribution < -0.4 is 5.32 Å². The number of sulfone groups is 1. The highest BCUT2D eigenvalue weighted by molar-refractivity contribution is 7.90. The summed E-state index contributed by atoms with van der Waals surface area (Å²) in [5.74, 6) is -0.878. The zero-order chi connectivity index (χ0) is 19.6. The number of rotatable bonds is 5. The highest BCUT2D eigenvalue weighted by atomic mass is 32.2. The van der Waals surface area contributed by atoms with E-state index in [9.17, 15) is 22.0 Å². The van der Waals surface area contributed by atoms with Gasteiger partial charge >= 0.3 is 0 Å². The van der Waals surface area contributed by atoms with E-state index < -0.39 is 34.0 Å². The van der Waals surface area contributed by atoms with Gasteiger partial charge in [0, 0.05) is 23.4 Å². The van der Waals surface area contributed by atoms with E-state index in [4.69, 9.17) is 0 Å². The molecule has 1 fully saturated rings. The fraction of sp³-hybridized carbons (Fsp3) is 0.333. The first-order chi connectivity index (χ1) is 12.7. The standard InChI is InChI=1S/C18H18F2N2O3S2/c1-27(24,25)13-4-2-12(3-5-13)14(8-11-9-15(19)16(20)10-11)17(23)22-18-21-6-7-26-18/h2-8,11,15-16H,9-10H2,1H3,(H,21,22,23)/b14-8+/t11?,15-,16+. The van der Waals surface area contributed by atoms with Crippen molar-refractivity contribution in [2.75, 3.05) is 11.6 Å². The summed E-state index contributed by atoms with van der Waals surface area (Å²) in [6.07, 6.45) is 1.14. The molecule has 3 rings (SSSR count). The fourth-order valence-corrected chi connectivity index (χ4v) is 4.13. The van der Waals surface area contributed by atoms with E-state index in [-0.39, 0.29) is 23.3 Å². The van der Waals surface area contributed by atoms with Crippen LogP contribution in [-0.4, -0.2) is 37.9 Å². The van der Waals surface area contributed by atoms with Gasteiger partial charge in [-0.25, -0.2) is 22.2 Å². The van der Waals surface area contributed by atoms with Crippen LogP contribution in [0.4, 0.5) is 13.9 Å². The monoisotopic (exact) mass is 412 g/mol. The summed E-state index contributed by atoms with van der Waals surface area (Å²) in [6, 6.07) is 5.83. The molecule has 2 aromatic rings. The van der Waals surface area contributed by atoms with Gasteiger partial charge in [-0.2, -0.15) is 0 Å². The van der Waals surface area contributed by atoms with Crippen LogP contribution in [0.5, 0.6) is 0 Å². The summed E-state index contributed by atoms with van der Waals surface area (Å²) in [5, 5.41) is 4.76. The predicted molar refractivity (Wildman–Crippen MR) is 101 cm³/mol. The van der Waals surface area contributed by atoms with Crippen molar-refractivity contribution < 1.29 is 22.0 Å². The lowest BCUT2D eigenvalue weighted by Crippen LogP contribution is -2.14. The highest BCUT2D eigenvalue weighted by Crippen LogP contribution is 2.34. The van der Waals surface area contributed by atoms with Crippen LogP contribution in [0.15, 0.2) is 46.8 Å². The molecule has 1 unspecified atom stereocenters. The number of alkyl halides is 2. The maximum absolute atomic E-state index is 13.5. The van der Waals surface area contributed by atoms with Gasteiger partial charge in [0.15, 0.2) is 15.0 Å². The average Bonchev–Trinajstić information content (AvgIpc) is 3.22. The Morgan fingerprint density at radius 2 is 1.85 bits per heavy atom. The normalized spacial score (nSPS) is 23.4. The average molecular weight is 412 g/mol. The molecule has 1 heterocycles. The number of amides is 1. The Kier molecular flexibility index (Phi) is 5.71. The topological polar surface area (TPSA) is 76.1 Å². The van der Waals surface area contributed by atoms with Gasteiger partial charge in [-0.05, 0) is 36.5 Å². The molecule has 9 heteroatoms. The molecule has 0 saturated heterocycles. The van der Waals surface area contributed by atoms with E-state index in [0.717, 1.165) is 6.26 Å². The Labute approximate surface area is 160 Å². The summed E-state index contributed by atoms with van der Waals surface area (Å²) >= 11 is 1.24. The molecule has 1 saturated carbocycles. The molecule has 144 valence electrons. The number of carbonyl (C=O) groups excluding carboxylic acids is 1. The van der Waals surface area contributed by atoms with Crippen molar-refractivity contribution in [3.63, 3.8) is 0 Å². The minimum atomic E-state index is -3.37. The molecule has 5 nitrogen and oxygen atoms in total. The van der Waals surface area contributed by atoms with Gasteiger partial charge in [-0.15, -0.1) is 11.3 Å². The number of thiazole rings is 1. The van der Waals surface area contributed by atoms with Gasteiger partial charge in [0.1, 0.15) is 12.3 Å². The van der Waals surface area contributed by atoms with Gasteiger partial charge in [0.05, 0.1) is 4.90 Å². The minimum absolute atomic E-state index is 0.0105. The molecule has 0 spiro atoms. The number of aromatic nitrogens is 1. The zero-order valence-electron chi connectivity index (χ0n) is 14.4. The lowest BCUT2D eigenvalue weighted by atomic mass is 9.98. The Bertz CT molecular complexity index is 931. The molecule has 1 aromatic carbocycles. The number of hydrogen-bond acceptors (Lipinski definition) is 5. The smallest absolute Gasteiger partial charge is 0.257 e. The van der Waals surface area contributed by atoms with Gasteiger partial charge in [-0.3, -0.25) is 10.1 Å². The van der Waals surface area contributed by atoms with Gasteiger partial charge in [0.2, 0.25) is 0 Å². The maximum atomic E-state index is 13.5. The van der Waals surface area contributed by atoms with Crippen molar-refractivity contribution in [2.24, 2.45) is 5.92 Å². The second-order valence-corrected chi connectivity index (χ2v) is 9.34. The summed E-state index contributed by atoms with van der Waals surface area (Å²) in [5.41, 5.74) is 0.700. The fourth-order valence-electron chi connectivity index (χ4n) is 2.98. The summed E-state index contributed by atoms with van der Waals surface area (Å²) in [6.45, 7) is 0. The van der Waals surface area contributed by atoms with E-state index in [0.29, 0.717) is 10.7 Å². The van der Waals surface area contributed by atoms with E-state index >= 15 is 0 Å². The summed E-state index contributed by atoms with van der Waals surface area (Å²) in [7, 11) is -3.37. The van der Waals surface area contributed by atoms with Crippen LogP contribution in [0.1, 0.15) is 18.4 Å². The van der Waals surface area contributed by atoms with Crippen LogP contribution in [0, 0.1) is 5.92 Å². The Morgan fingerprint density at radius 3 is 2.37 bits per heavy atom. The second kappa shape index (κ2) is 7.85. The number of nitrogens with one attached hydrogen (secondary N) is 1. The van der Waals surface area contributed by atoms with Crippen molar-refractivity contribution in [3.05, 3.63) is 47.5 Å². The van der Waals surface area contributed by atoms with E-state index in [1.54, 1.807) is 17.7 Å². The van der Waals surface area contributed by atoms with Crippen molar-refractivity contribution in [1.82, 2.24) is 4.98 Å². The first kappa shape index (κ1) is 19.6. The molecule has 1 aliphatic rings. The Morgan fingerprint density at radius 1 is 1.22 bits per heavy atom. The third-order valence-corrected chi connectivity index (χ3v) is 6.16. The zero-order valence-corrected chi connectivity index (χ0v) is 16.1. The molecule has 27 heavy (non-hydrogen) atoms. The number of allylic oxidation sites excluding steroid dienone is 1. The predicted octanol–water partition coefficient (Wildman–Crippen LogP) is 3.65. The first-order valence-corrected chi connectivity index (χ1v) is 11.0. The SMILES string of the molecule is CS(=O)(=O)c1ccc(/C(=C\C2C[C@@H](F)[C@@H](F)C2)C(=O)Nc2nccs2)cc1. The van der Waals surface area contributed by atoms with E-state index in [1.165, 1.54) is 35.6 Å². The van der Waals surface area contributed by atoms with Gasteiger partial charge < -0.3 is 0 Å². The van der Waals surface area contributed by atoms with Crippen LogP contribution >= 0.6 is 11.3 Å². The lowest BCUT2D eigenvalue weighted by molar-refractivity contribution is -0.111. The molecule has 0 aliphatic heterocycles. The van der Waals surface area contributed by atoms with Gasteiger partial charge in [-0.1, -0.05) is 18.2 Å². The third kappa shape index (κ3) is 4.78. The molecule has 0 radical (unpaired) electrons. The van der Waals surface area contributed by atoms with Crippen LogP contribution in [-0.2, 0) is 14.6 Å². The molecule has 3 atom stereocenters. The molecular weight excluding hydrogens is 394 g/mol. The van der Waals surface area contributed by atoms with E-state index in [1.807, 2.05) is 0 Å². The highest BCUT2D eigenvalue weighted by Gasteiger charge is 2.34. The van der Waals surface area contributed by atoms with E-state index in [2.05, 4.69) is 10.3 Å². The first-order valence-electron chi connectivity index (χ1n) is 8.25. The molecule has 1 aliphatic carbocycles. The molecule has 1 N–H and O–H groups in total. The lowest BCUT2D eigenvalue weighted by Gasteiger charge is -2.11. The third-order valence-electron chi connectivity index (χ3n) is 4.34.